The highest BCUT2D eigenvalue weighted by Crippen LogP contribution is 2.04. The molecule has 0 aliphatic rings. The summed E-state index contributed by atoms with van der Waals surface area (Å²) in [6.45, 7) is 0. The molecule has 0 spiro atoms. The second kappa shape index (κ2) is 5.80. The molecule has 1 rings (SSSR count). The molecule has 1 aromatic carbocycles. The maximum Gasteiger partial charge on any atom is 0.115 e. The molecule has 0 aliphatic heterocycles. The summed E-state index contributed by atoms with van der Waals surface area (Å²) in [5.74, 6) is 2.64. The fourth-order valence-corrected chi connectivity index (χ4v) is 1.35. The zero-order valence-electron chi connectivity index (χ0n) is 7.20. The summed E-state index contributed by atoms with van der Waals surface area (Å²) >= 11 is 2.96. The number of aryl methyl sites for hydroxylation is 1. The minimum atomic E-state index is -0.528. The van der Waals surface area contributed by atoms with Crippen molar-refractivity contribution in [2.45, 2.75) is 18.9 Å². The van der Waals surface area contributed by atoms with Crippen molar-refractivity contribution in [2.75, 3.05) is 0 Å². The predicted molar refractivity (Wildman–Crippen MR) is 57.5 cm³/mol. The molecule has 0 saturated heterocycles. The lowest BCUT2D eigenvalue weighted by atomic mass is 10.1. The Morgan fingerprint density at radius 1 is 1.31 bits per heavy atom. The van der Waals surface area contributed by atoms with Gasteiger partial charge in [-0.2, -0.15) is 0 Å². The van der Waals surface area contributed by atoms with E-state index in [0.717, 1.165) is 6.42 Å². The molecule has 0 aromatic heterocycles. The lowest BCUT2D eigenvalue weighted by Gasteiger charge is -2.02. The third-order valence-electron chi connectivity index (χ3n) is 1.77. The van der Waals surface area contributed by atoms with E-state index in [-0.39, 0.29) is 0 Å². The van der Waals surface area contributed by atoms with Gasteiger partial charge in [-0.3, -0.25) is 0 Å². The number of hydrogen-bond donors (Lipinski definition) is 1. The van der Waals surface area contributed by atoms with Crippen molar-refractivity contribution in [2.24, 2.45) is 0 Å². The molecule has 1 atom stereocenters. The number of rotatable bonds is 3. The number of aliphatic hydroxyl groups is 1. The van der Waals surface area contributed by atoms with Gasteiger partial charge in [0, 0.05) is 15.9 Å². The number of benzene rings is 1. The molecule has 0 bridgehead atoms. The summed E-state index contributed by atoms with van der Waals surface area (Å²) in [7, 11) is 0. The van der Waals surface area contributed by atoms with Crippen LogP contribution in [0, 0.1) is 10.8 Å². The lowest BCUT2D eigenvalue weighted by Crippen LogP contribution is -2.03. The first-order valence-electron chi connectivity index (χ1n) is 4.16. The van der Waals surface area contributed by atoms with Crippen LogP contribution >= 0.6 is 15.9 Å². The van der Waals surface area contributed by atoms with Crippen LogP contribution in [-0.4, -0.2) is 11.2 Å². The minimum Gasteiger partial charge on any atom is -0.380 e. The first kappa shape index (κ1) is 10.3. The smallest absolute Gasteiger partial charge is 0.115 e. The van der Waals surface area contributed by atoms with Gasteiger partial charge in [0.25, 0.3) is 0 Å². The Morgan fingerprint density at radius 3 is 2.62 bits per heavy atom. The Hall–Kier alpha value is -0.780. The molecule has 0 amide bonds. The zero-order chi connectivity index (χ0) is 9.52. The summed E-state index contributed by atoms with van der Waals surface area (Å²) in [6.07, 6.45) is 1.02. The number of halogens is 1. The molecule has 1 N–H and O–H groups in total. The van der Waals surface area contributed by atoms with Crippen LogP contribution < -0.4 is 0 Å². The second-order valence-corrected chi connectivity index (χ2v) is 3.18. The molecule has 0 saturated carbocycles. The summed E-state index contributed by atoms with van der Waals surface area (Å²) in [5.41, 5.74) is 1.23. The van der Waals surface area contributed by atoms with Crippen LogP contribution in [0.2, 0.25) is 0 Å². The van der Waals surface area contributed by atoms with Crippen molar-refractivity contribution >= 4 is 15.9 Å². The molecule has 1 nitrogen and oxygen atoms in total. The monoisotopic (exact) mass is 238 g/mol. The van der Waals surface area contributed by atoms with Gasteiger partial charge >= 0.3 is 0 Å². The van der Waals surface area contributed by atoms with E-state index in [9.17, 15) is 5.11 Å². The molecule has 2 heteroatoms. The Bertz CT molecular complexity index is 297. The van der Waals surface area contributed by atoms with Gasteiger partial charge in [-0.05, 0) is 23.2 Å². The summed E-state index contributed by atoms with van der Waals surface area (Å²) in [4.78, 5) is 2.52. The summed E-state index contributed by atoms with van der Waals surface area (Å²) in [5, 5.41) is 9.31. The van der Waals surface area contributed by atoms with Crippen LogP contribution in [0.1, 0.15) is 12.0 Å². The van der Waals surface area contributed by atoms with E-state index in [0.29, 0.717) is 6.42 Å². The second-order valence-electron chi connectivity index (χ2n) is 2.78. The molecule has 13 heavy (non-hydrogen) atoms. The average Bonchev–Trinajstić information content (AvgIpc) is 2.17. The van der Waals surface area contributed by atoms with Crippen molar-refractivity contribution < 1.29 is 5.11 Å². The SMILES string of the molecule is OC(C#CBr)CCc1ccccc1. The molecule has 0 radical (unpaired) electrons. The van der Waals surface area contributed by atoms with Gasteiger partial charge in [0.1, 0.15) is 6.10 Å². The van der Waals surface area contributed by atoms with Gasteiger partial charge in [0.15, 0.2) is 0 Å². The van der Waals surface area contributed by atoms with Crippen LogP contribution in [0.5, 0.6) is 0 Å². The van der Waals surface area contributed by atoms with Gasteiger partial charge in [-0.1, -0.05) is 36.3 Å². The predicted octanol–water partition coefficient (Wildman–Crippen LogP) is 2.34. The number of hydrogen-bond acceptors (Lipinski definition) is 1. The third-order valence-corrected chi connectivity index (χ3v) is 2.00. The number of aliphatic hydroxyl groups excluding tert-OH is 1. The van der Waals surface area contributed by atoms with E-state index in [1.54, 1.807) is 0 Å². The maximum absolute atomic E-state index is 9.31. The molecular weight excluding hydrogens is 228 g/mol. The van der Waals surface area contributed by atoms with Gasteiger partial charge in [-0.25, -0.2) is 0 Å². The molecular formula is C11H11BrO. The first-order valence-corrected chi connectivity index (χ1v) is 4.95. The van der Waals surface area contributed by atoms with Crippen LogP contribution in [0.25, 0.3) is 0 Å². The summed E-state index contributed by atoms with van der Waals surface area (Å²) < 4.78 is 0. The molecule has 68 valence electrons. The fourth-order valence-electron chi connectivity index (χ4n) is 1.08. The van der Waals surface area contributed by atoms with Crippen LogP contribution in [0.15, 0.2) is 30.3 Å². The largest absolute Gasteiger partial charge is 0.380 e. The maximum atomic E-state index is 9.31. The minimum absolute atomic E-state index is 0.528. The average molecular weight is 239 g/mol. The normalized spacial score (nSPS) is 11.5. The van der Waals surface area contributed by atoms with E-state index >= 15 is 0 Å². The van der Waals surface area contributed by atoms with E-state index in [2.05, 4.69) is 26.7 Å². The molecule has 1 unspecified atom stereocenters. The van der Waals surface area contributed by atoms with Crippen LogP contribution in [-0.2, 0) is 6.42 Å². The highest BCUT2D eigenvalue weighted by molar-refractivity contribution is 9.12. The zero-order valence-corrected chi connectivity index (χ0v) is 8.79. The highest BCUT2D eigenvalue weighted by atomic mass is 79.9. The lowest BCUT2D eigenvalue weighted by molar-refractivity contribution is 0.222. The standard InChI is InChI=1S/C11H11BrO/c12-9-8-11(13)7-6-10-4-2-1-3-5-10/h1-5,11,13H,6-7H2. The Balaban J connectivity index is 2.38. The molecule has 0 heterocycles. The van der Waals surface area contributed by atoms with Crippen molar-refractivity contribution in [1.82, 2.24) is 0 Å². The van der Waals surface area contributed by atoms with Gasteiger partial charge < -0.3 is 5.11 Å². The topological polar surface area (TPSA) is 20.2 Å². The quantitative estimate of drug-likeness (QED) is 0.802. The van der Waals surface area contributed by atoms with Gasteiger partial charge in [-0.15, -0.1) is 0 Å². The van der Waals surface area contributed by atoms with E-state index < -0.39 is 6.10 Å². The van der Waals surface area contributed by atoms with Crippen molar-refractivity contribution in [3.63, 3.8) is 0 Å². The Labute approximate surface area is 86.9 Å². The van der Waals surface area contributed by atoms with Gasteiger partial charge in [0.05, 0.1) is 0 Å². The Kier molecular flexibility index (Phi) is 4.59. The molecule has 0 fully saturated rings. The van der Waals surface area contributed by atoms with E-state index in [1.807, 2.05) is 30.3 Å². The van der Waals surface area contributed by atoms with Crippen LogP contribution in [0.4, 0.5) is 0 Å². The Morgan fingerprint density at radius 2 is 2.00 bits per heavy atom. The van der Waals surface area contributed by atoms with E-state index in [4.69, 9.17) is 0 Å². The first-order chi connectivity index (χ1) is 6.33. The third kappa shape index (κ3) is 4.12. The van der Waals surface area contributed by atoms with Crippen molar-refractivity contribution in [1.29, 1.82) is 0 Å². The van der Waals surface area contributed by atoms with Gasteiger partial charge in [0.2, 0.25) is 0 Å². The molecule has 0 aliphatic carbocycles. The van der Waals surface area contributed by atoms with Crippen LogP contribution in [0.3, 0.4) is 0 Å². The fraction of sp³-hybridized carbons (Fsp3) is 0.273. The van der Waals surface area contributed by atoms with E-state index in [1.165, 1.54) is 5.56 Å². The van der Waals surface area contributed by atoms with Crippen molar-refractivity contribution in [3.05, 3.63) is 35.9 Å². The van der Waals surface area contributed by atoms with Crippen molar-refractivity contribution in [3.8, 4) is 10.8 Å². The summed E-state index contributed by atoms with van der Waals surface area (Å²) in [6, 6.07) is 10.1. The molecule has 1 aromatic rings. The highest BCUT2D eigenvalue weighted by Gasteiger charge is 1.99.